The van der Waals surface area contributed by atoms with Gasteiger partial charge in [-0.1, -0.05) is 11.6 Å². The minimum Gasteiger partial charge on any atom is -0.482 e. The van der Waals surface area contributed by atoms with Crippen molar-refractivity contribution in [3.8, 4) is 28.3 Å². The Morgan fingerprint density at radius 2 is 1.89 bits per heavy atom. The molecule has 1 aliphatic rings. The molecule has 0 aliphatic carbocycles. The molecule has 0 unspecified atom stereocenters. The zero-order valence-electron chi connectivity index (χ0n) is 18.5. The monoisotopic (exact) mass is 598 g/mol. The number of ether oxygens (including phenoxy) is 1. The number of nitrogen functional groups attached to an aromatic ring is 1. The molecule has 0 saturated carbocycles. The van der Waals surface area contributed by atoms with E-state index in [1.807, 2.05) is 0 Å². The molecule has 0 spiro atoms. The van der Waals surface area contributed by atoms with E-state index in [0.717, 1.165) is 5.56 Å². The summed E-state index contributed by atoms with van der Waals surface area (Å²) in [6.07, 6.45) is 2.66. The van der Waals surface area contributed by atoms with Gasteiger partial charge >= 0.3 is 0 Å². The Kier molecular flexibility index (Phi) is 6.70. The number of nitrogens with two attached hydrogens (primary N) is 1. The van der Waals surface area contributed by atoms with Gasteiger partial charge in [-0.15, -0.1) is 63.1 Å². The number of nitrogens with zero attached hydrogens (tertiary/aromatic N) is 5. The summed E-state index contributed by atoms with van der Waals surface area (Å²) in [6.45, 7) is 2.07. The van der Waals surface area contributed by atoms with E-state index in [1.165, 1.54) is 12.1 Å². The van der Waals surface area contributed by atoms with Crippen molar-refractivity contribution in [1.82, 2.24) is 24.5 Å². The standard InChI is InChI=1S/C22H20ClFN6OS5/c1-10-15-5-13(24)2-3-14(15)16-6-18(23)28-29(16)9-12-8-27-30(21(32,33)22(34,35)36)19(12)11-4-17(31-10)20(25)26-7-11/h2-8,10,32-36H,9H2,1H3,(H2,25,26)/t10-/m1/s1. The second-order valence-electron chi connectivity index (χ2n) is 8.31. The second-order valence-corrected chi connectivity index (χ2v) is 13.4. The molecule has 4 aromatic rings. The predicted octanol–water partition coefficient (Wildman–Crippen LogP) is 5.60. The molecular formula is C22H20ClFN6OS5. The van der Waals surface area contributed by atoms with E-state index in [9.17, 15) is 4.39 Å². The lowest BCUT2D eigenvalue weighted by Crippen LogP contribution is -2.37. The Hall–Kier alpha value is -1.64. The summed E-state index contributed by atoms with van der Waals surface area (Å²) in [4.78, 5) is 4.34. The van der Waals surface area contributed by atoms with Gasteiger partial charge in [0.2, 0.25) is 0 Å². The van der Waals surface area contributed by atoms with Crippen molar-refractivity contribution < 1.29 is 9.13 Å². The van der Waals surface area contributed by atoms with Gasteiger partial charge in [-0.3, -0.25) is 4.68 Å². The summed E-state index contributed by atoms with van der Waals surface area (Å²) < 4.78 is 21.2. The third kappa shape index (κ3) is 4.47. The maximum Gasteiger partial charge on any atom is 0.181 e. The number of aromatic nitrogens is 5. The largest absolute Gasteiger partial charge is 0.482 e. The highest BCUT2D eigenvalue weighted by atomic mass is 35.5. The van der Waals surface area contributed by atoms with Crippen LogP contribution < -0.4 is 10.5 Å². The smallest absolute Gasteiger partial charge is 0.181 e. The Bertz CT molecular complexity index is 1480. The van der Waals surface area contributed by atoms with Crippen LogP contribution >= 0.6 is 74.7 Å². The van der Waals surface area contributed by atoms with E-state index in [2.05, 4.69) is 78.3 Å². The molecule has 36 heavy (non-hydrogen) atoms. The molecule has 14 heteroatoms. The van der Waals surface area contributed by atoms with Crippen LogP contribution in [-0.2, 0) is 10.7 Å². The third-order valence-corrected chi connectivity index (χ3v) is 9.11. The summed E-state index contributed by atoms with van der Waals surface area (Å²) in [5.41, 5.74) is 10.1. The van der Waals surface area contributed by atoms with Gasteiger partial charge in [0.25, 0.3) is 0 Å². The zero-order chi connectivity index (χ0) is 26.0. The topological polar surface area (TPSA) is 83.8 Å². The van der Waals surface area contributed by atoms with Crippen LogP contribution in [0.25, 0.3) is 22.5 Å². The van der Waals surface area contributed by atoms with Crippen molar-refractivity contribution in [1.29, 1.82) is 0 Å². The molecule has 1 aliphatic heterocycles. The van der Waals surface area contributed by atoms with Gasteiger partial charge in [0.1, 0.15) is 15.3 Å². The van der Waals surface area contributed by atoms with Gasteiger partial charge in [0.05, 0.1) is 24.1 Å². The molecule has 2 bridgehead atoms. The number of hydrogen-bond acceptors (Lipinski definition) is 10. The molecule has 1 atom stereocenters. The second kappa shape index (κ2) is 9.28. The van der Waals surface area contributed by atoms with Crippen LogP contribution in [0, 0.1) is 5.82 Å². The van der Waals surface area contributed by atoms with E-state index in [4.69, 9.17) is 22.1 Å². The SMILES string of the molecule is C[C@H]1Oc2cc(cnc2N)-c2c(cnn2C(S)(S)C(S)(S)S)Cn2nc(Cl)cc2-c2ccc(F)cc21. The summed E-state index contributed by atoms with van der Waals surface area (Å²) in [6, 6.07) is 7.94. The predicted molar refractivity (Wildman–Crippen MR) is 156 cm³/mol. The van der Waals surface area contributed by atoms with Gasteiger partial charge in [-0.2, -0.15) is 10.2 Å². The zero-order valence-corrected chi connectivity index (χ0v) is 23.8. The van der Waals surface area contributed by atoms with Crippen LogP contribution in [0.15, 0.2) is 42.7 Å². The highest BCUT2D eigenvalue weighted by Crippen LogP contribution is 2.50. The number of hydrogen-bond donors (Lipinski definition) is 6. The summed E-state index contributed by atoms with van der Waals surface area (Å²) in [5.74, 6) is 0.0969. The van der Waals surface area contributed by atoms with Crippen molar-refractivity contribution in [3.63, 3.8) is 0 Å². The molecule has 4 heterocycles. The van der Waals surface area contributed by atoms with E-state index in [-0.39, 0.29) is 17.5 Å². The fourth-order valence-electron chi connectivity index (χ4n) is 4.10. The summed E-state index contributed by atoms with van der Waals surface area (Å²) in [7, 11) is 0. The van der Waals surface area contributed by atoms with Crippen molar-refractivity contribution >= 4 is 80.6 Å². The normalized spacial score (nSPS) is 15.7. The lowest BCUT2D eigenvalue weighted by Gasteiger charge is -2.35. The Morgan fingerprint density at radius 3 is 2.61 bits per heavy atom. The van der Waals surface area contributed by atoms with Crippen LogP contribution in [0.2, 0.25) is 5.15 Å². The molecule has 0 fully saturated rings. The van der Waals surface area contributed by atoms with Crippen molar-refractivity contribution in [2.24, 2.45) is 0 Å². The van der Waals surface area contributed by atoms with Gasteiger partial charge in [0, 0.05) is 34.5 Å². The van der Waals surface area contributed by atoms with Gasteiger partial charge in [-0.25, -0.2) is 14.1 Å². The van der Waals surface area contributed by atoms with Crippen LogP contribution in [0.4, 0.5) is 10.2 Å². The number of anilines is 1. The van der Waals surface area contributed by atoms with Gasteiger partial charge in [-0.05, 0) is 31.2 Å². The average Bonchev–Trinajstić information content (AvgIpc) is 3.37. The average molecular weight is 599 g/mol. The first-order valence-electron chi connectivity index (χ1n) is 10.5. The number of thiol groups is 5. The fraction of sp³-hybridized carbons (Fsp3) is 0.227. The lowest BCUT2D eigenvalue weighted by molar-refractivity contribution is 0.227. The van der Waals surface area contributed by atoms with Crippen molar-refractivity contribution in [2.75, 3.05) is 5.73 Å². The molecule has 1 aromatic carbocycles. The molecule has 3 aromatic heterocycles. The highest BCUT2D eigenvalue weighted by Gasteiger charge is 2.43. The first kappa shape index (κ1) is 26.0. The maximum atomic E-state index is 14.3. The molecular weight excluding hydrogens is 579 g/mol. The highest BCUT2D eigenvalue weighted by molar-refractivity contribution is 8.20. The first-order valence-corrected chi connectivity index (χ1v) is 13.1. The minimum atomic E-state index is -1.36. The third-order valence-electron chi connectivity index (χ3n) is 5.85. The summed E-state index contributed by atoms with van der Waals surface area (Å²) >= 11 is 29.1. The quantitative estimate of drug-likeness (QED) is 0.134. The fourth-order valence-corrected chi connectivity index (χ4v) is 4.89. The van der Waals surface area contributed by atoms with Gasteiger partial charge in [0.15, 0.2) is 20.9 Å². The van der Waals surface area contributed by atoms with E-state index < -0.39 is 19.5 Å². The van der Waals surface area contributed by atoms with E-state index in [1.54, 1.807) is 46.9 Å². The number of fused-ring (bicyclic) bond motifs is 7. The molecule has 5 rings (SSSR count). The molecule has 0 radical (unpaired) electrons. The maximum absolute atomic E-state index is 14.3. The molecule has 0 amide bonds. The molecule has 7 nitrogen and oxygen atoms in total. The Balaban J connectivity index is 1.82. The van der Waals surface area contributed by atoms with Crippen molar-refractivity contribution in [3.05, 3.63) is 64.8 Å². The lowest BCUT2D eigenvalue weighted by atomic mass is 9.99. The van der Waals surface area contributed by atoms with Crippen LogP contribution in [0.1, 0.15) is 24.2 Å². The molecule has 0 saturated heterocycles. The van der Waals surface area contributed by atoms with E-state index >= 15 is 0 Å². The Labute approximate surface area is 239 Å². The van der Waals surface area contributed by atoms with Gasteiger partial charge < -0.3 is 10.5 Å². The number of rotatable bonds is 2. The van der Waals surface area contributed by atoms with Crippen LogP contribution in [-0.4, -0.2) is 28.0 Å². The minimum absolute atomic E-state index is 0.177. The first-order chi connectivity index (χ1) is 16.9. The Morgan fingerprint density at radius 1 is 1.14 bits per heavy atom. The van der Waals surface area contributed by atoms with Crippen LogP contribution in [0.3, 0.4) is 0 Å². The van der Waals surface area contributed by atoms with E-state index in [0.29, 0.717) is 33.8 Å². The number of halogens is 2. The summed E-state index contributed by atoms with van der Waals surface area (Å²) in [5, 5.41) is 9.31. The molecule has 188 valence electrons. The number of benzene rings is 1. The molecule has 2 N–H and O–H groups in total. The number of pyridine rings is 1. The van der Waals surface area contributed by atoms with Crippen LogP contribution in [0.5, 0.6) is 5.75 Å². The van der Waals surface area contributed by atoms with Crippen molar-refractivity contribution in [2.45, 2.75) is 27.2 Å².